The minimum Gasteiger partial charge on any atom is -0.493 e. The monoisotopic (exact) mass is 455 g/mol. The second-order valence-electron chi connectivity index (χ2n) is 5.97. The highest BCUT2D eigenvalue weighted by Crippen LogP contribution is 2.37. The molecule has 0 saturated carbocycles. The Morgan fingerprint density at radius 2 is 1.61 bits per heavy atom. The molecule has 0 atom stereocenters. The molecule has 0 unspecified atom stereocenters. The molecule has 28 heavy (non-hydrogen) atoms. The smallest absolute Gasteiger partial charge is 0.180 e. The predicted octanol–water partition coefficient (Wildman–Crippen LogP) is 7.50. The van der Waals surface area contributed by atoms with Crippen LogP contribution in [0, 0.1) is 0 Å². The Balaban J connectivity index is 1.73. The zero-order valence-corrected chi connectivity index (χ0v) is 18.0. The van der Waals surface area contributed by atoms with Gasteiger partial charge < -0.3 is 14.8 Å². The van der Waals surface area contributed by atoms with Gasteiger partial charge in [-0.25, -0.2) is 0 Å². The van der Waals surface area contributed by atoms with Crippen LogP contribution in [0.5, 0.6) is 11.5 Å². The van der Waals surface area contributed by atoms with Gasteiger partial charge in [0.15, 0.2) is 11.5 Å². The molecule has 0 aromatic heterocycles. The van der Waals surface area contributed by atoms with E-state index in [9.17, 15) is 0 Å². The van der Waals surface area contributed by atoms with E-state index in [-0.39, 0.29) is 6.61 Å². The number of anilines is 1. The van der Waals surface area contributed by atoms with Gasteiger partial charge in [0.05, 0.1) is 22.2 Å². The standard InChI is InChI=1S/C21H17Cl4NO2/c1-27-20-9-13(11-26-15-6-7-17(23)18(24)10-15)8-19(25)21(20)28-12-14-4-2-3-5-16(14)22/h2-10,26H,11-12H2,1H3. The van der Waals surface area contributed by atoms with E-state index < -0.39 is 0 Å². The molecule has 0 amide bonds. The maximum absolute atomic E-state index is 6.44. The van der Waals surface area contributed by atoms with Crippen molar-refractivity contribution in [3.63, 3.8) is 0 Å². The van der Waals surface area contributed by atoms with Crippen molar-refractivity contribution in [2.45, 2.75) is 13.2 Å². The Labute approximate surface area is 184 Å². The first kappa shape index (κ1) is 20.9. The SMILES string of the molecule is COc1cc(CNc2ccc(Cl)c(Cl)c2)cc(Cl)c1OCc1ccccc1Cl. The third-order valence-electron chi connectivity index (χ3n) is 4.04. The van der Waals surface area contributed by atoms with Gasteiger partial charge in [-0.1, -0.05) is 64.6 Å². The van der Waals surface area contributed by atoms with Gasteiger partial charge in [0.25, 0.3) is 0 Å². The molecule has 1 N–H and O–H groups in total. The van der Waals surface area contributed by atoms with Crippen LogP contribution in [0.1, 0.15) is 11.1 Å². The lowest BCUT2D eigenvalue weighted by atomic mass is 10.2. The number of benzene rings is 3. The summed E-state index contributed by atoms with van der Waals surface area (Å²) < 4.78 is 11.3. The number of halogens is 4. The molecule has 0 radical (unpaired) electrons. The Bertz CT molecular complexity index is 979. The van der Waals surface area contributed by atoms with Gasteiger partial charge >= 0.3 is 0 Å². The largest absolute Gasteiger partial charge is 0.493 e. The summed E-state index contributed by atoms with van der Waals surface area (Å²) >= 11 is 24.6. The van der Waals surface area contributed by atoms with E-state index in [1.807, 2.05) is 42.5 Å². The zero-order chi connectivity index (χ0) is 20.1. The Hall–Kier alpha value is -1.78. The summed E-state index contributed by atoms with van der Waals surface area (Å²) in [6, 6.07) is 16.6. The van der Waals surface area contributed by atoms with Crippen LogP contribution < -0.4 is 14.8 Å². The van der Waals surface area contributed by atoms with Crippen LogP contribution in [-0.2, 0) is 13.2 Å². The second-order valence-corrected chi connectivity index (χ2v) is 7.60. The van der Waals surface area contributed by atoms with E-state index in [0.717, 1.165) is 16.8 Å². The summed E-state index contributed by atoms with van der Waals surface area (Å²) in [6.07, 6.45) is 0. The van der Waals surface area contributed by atoms with Crippen molar-refractivity contribution in [1.29, 1.82) is 0 Å². The molecule has 3 aromatic carbocycles. The average molecular weight is 457 g/mol. The molecular weight excluding hydrogens is 440 g/mol. The van der Waals surface area contributed by atoms with Crippen LogP contribution in [0.3, 0.4) is 0 Å². The second kappa shape index (κ2) is 9.62. The third-order valence-corrected chi connectivity index (χ3v) is 5.42. The minimum atomic E-state index is 0.288. The van der Waals surface area contributed by atoms with E-state index in [2.05, 4.69) is 5.32 Å². The molecule has 3 nitrogen and oxygen atoms in total. The molecule has 0 spiro atoms. The van der Waals surface area contributed by atoms with E-state index in [4.69, 9.17) is 55.9 Å². The lowest BCUT2D eigenvalue weighted by Crippen LogP contribution is -2.03. The first-order valence-electron chi connectivity index (χ1n) is 8.39. The quantitative estimate of drug-likeness (QED) is 0.399. The lowest BCUT2D eigenvalue weighted by molar-refractivity contribution is 0.284. The third kappa shape index (κ3) is 5.18. The number of rotatable bonds is 7. The molecule has 3 rings (SSSR count). The Kier molecular flexibility index (Phi) is 7.19. The predicted molar refractivity (Wildman–Crippen MR) is 118 cm³/mol. The summed E-state index contributed by atoms with van der Waals surface area (Å²) in [7, 11) is 1.57. The Morgan fingerprint density at radius 3 is 2.32 bits per heavy atom. The van der Waals surface area contributed by atoms with Crippen molar-refractivity contribution in [3.8, 4) is 11.5 Å². The molecular formula is C21H17Cl4NO2. The first-order chi connectivity index (χ1) is 13.5. The molecule has 0 aliphatic rings. The summed E-state index contributed by atoms with van der Waals surface area (Å²) in [4.78, 5) is 0. The number of methoxy groups -OCH3 is 1. The molecule has 0 fully saturated rings. The van der Waals surface area contributed by atoms with E-state index >= 15 is 0 Å². The molecule has 0 aliphatic carbocycles. The van der Waals surface area contributed by atoms with Crippen molar-refractivity contribution < 1.29 is 9.47 Å². The van der Waals surface area contributed by atoms with Crippen LogP contribution >= 0.6 is 46.4 Å². The average Bonchev–Trinajstić information content (AvgIpc) is 2.68. The van der Waals surface area contributed by atoms with Gasteiger partial charge in [-0.05, 0) is 42.0 Å². The normalized spacial score (nSPS) is 10.6. The van der Waals surface area contributed by atoms with Gasteiger partial charge in [-0.2, -0.15) is 0 Å². The number of nitrogens with one attached hydrogen (secondary N) is 1. The number of hydrogen-bond donors (Lipinski definition) is 1. The molecule has 146 valence electrons. The summed E-state index contributed by atoms with van der Waals surface area (Å²) in [5, 5.41) is 5.37. The van der Waals surface area contributed by atoms with Gasteiger partial charge in [0, 0.05) is 22.8 Å². The van der Waals surface area contributed by atoms with Crippen molar-refractivity contribution in [1.82, 2.24) is 0 Å². The highest BCUT2D eigenvalue weighted by atomic mass is 35.5. The highest BCUT2D eigenvalue weighted by Gasteiger charge is 2.13. The molecule has 0 saturated heterocycles. The van der Waals surface area contributed by atoms with Crippen LogP contribution in [-0.4, -0.2) is 7.11 Å². The van der Waals surface area contributed by atoms with Gasteiger partial charge in [0.2, 0.25) is 0 Å². The zero-order valence-electron chi connectivity index (χ0n) is 14.9. The fourth-order valence-electron chi connectivity index (χ4n) is 2.59. The molecule has 3 aromatic rings. The van der Waals surface area contributed by atoms with E-state index in [0.29, 0.717) is 38.1 Å². The minimum absolute atomic E-state index is 0.288. The highest BCUT2D eigenvalue weighted by molar-refractivity contribution is 6.42. The fraction of sp³-hybridized carbons (Fsp3) is 0.143. The van der Waals surface area contributed by atoms with Gasteiger partial charge in [0.1, 0.15) is 6.61 Å². The number of hydrogen-bond acceptors (Lipinski definition) is 3. The van der Waals surface area contributed by atoms with Crippen LogP contribution in [0.25, 0.3) is 0 Å². The van der Waals surface area contributed by atoms with Gasteiger partial charge in [-0.15, -0.1) is 0 Å². The lowest BCUT2D eigenvalue weighted by Gasteiger charge is -2.15. The summed E-state index contributed by atoms with van der Waals surface area (Å²) in [5.74, 6) is 1.02. The maximum Gasteiger partial charge on any atom is 0.180 e. The molecule has 7 heteroatoms. The van der Waals surface area contributed by atoms with Crippen LogP contribution in [0.2, 0.25) is 20.1 Å². The molecule has 0 heterocycles. The molecule has 0 bridgehead atoms. The first-order valence-corrected chi connectivity index (χ1v) is 9.90. The fourth-order valence-corrected chi connectivity index (χ4v) is 3.37. The van der Waals surface area contributed by atoms with Crippen LogP contribution in [0.4, 0.5) is 5.69 Å². The topological polar surface area (TPSA) is 30.5 Å². The maximum atomic E-state index is 6.44. The molecule has 0 aliphatic heterocycles. The summed E-state index contributed by atoms with van der Waals surface area (Å²) in [5.41, 5.74) is 2.65. The van der Waals surface area contributed by atoms with E-state index in [1.165, 1.54) is 0 Å². The van der Waals surface area contributed by atoms with Crippen molar-refractivity contribution >= 4 is 52.1 Å². The van der Waals surface area contributed by atoms with Crippen molar-refractivity contribution in [3.05, 3.63) is 85.8 Å². The van der Waals surface area contributed by atoms with E-state index in [1.54, 1.807) is 19.2 Å². The van der Waals surface area contributed by atoms with Crippen molar-refractivity contribution in [2.75, 3.05) is 12.4 Å². The van der Waals surface area contributed by atoms with Gasteiger partial charge in [-0.3, -0.25) is 0 Å². The number of ether oxygens (including phenoxy) is 2. The van der Waals surface area contributed by atoms with Crippen LogP contribution in [0.15, 0.2) is 54.6 Å². The van der Waals surface area contributed by atoms with Crippen molar-refractivity contribution in [2.24, 2.45) is 0 Å². The summed E-state index contributed by atoms with van der Waals surface area (Å²) in [6.45, 7) is 0.815. The Morgan fingerprint density at radius 1 is 0.821 bits per heavy atom.